The molecule has 0 amide bonds. The van der Waals surface area contributed by atoms with E-state index in [-0.39, 0.29) is 17.8 Å². The fraction of sp³-hybridized carbons (Fsp3) is 0.538. The Morgan fingerprint density at radius 1 is 1.21 bits per heavy atom. The van der Waals surface area contributed by atoms with Crippen molar-refractivity contribution in [3.8, 4) is 0 Å². The van der Waals surface area contributed by atoms with Crippen LogP contribution in [-0.4, -0.2) is 28.1 Å². The molecular formula is C13H21ClN2O2S. The third-order valence-corrected chi connectivity index (χ3v) is 4.97. The molecule has 108 valence electrons. The van der Waals surface area contributed by atoms with Gasteiger partial charge in [0.2, 0.25) is 10.0 Å². The summed E-state index contributed by atoms with van der Waals surface area (Å²) in [5.41, 5.74) is 0.0626. The Bertz CT molecular complexity index is 485. The second-order valence-corrected chi connectivity index (χ2v) is 6.97. The zero-order chi connectivity index (χ0) is 13.1. The van der Waals surface area contributed by atoms with Crippen LogP contribution >= 0.6 is 12.4 Å². The van der Waals surface area contributed by atoms with Crippen LogP contribution in [0.2, 0.25) is 0 Å². The second kappa shape index (κ2) is 6.70. The molecule has 0 spiro atoms. The molecule has 1 aromatic rings. The van der Waals surface area contributed by atoms with Crippen LogP contribution in [0.25, 0.3) is 0 Å². The first-order valence-electron chi connectivity index (χ1n) is 6.27. The number of nitrogens with one attached hydrogen (secondary N) is 2. The molecule has 2 N–H and O–H groups in total. The highest BCUT2D eigenvalue weighted by atomic mass is 35.5. The molecule has 1 heterocycles. The number of hydrogen-bond acceptors (Lipinski definition) is 3. The van der Waals surface area contributed by atoms with Crippen LogP contribution in [0.4, 0.5) is 0 Å². The maximum Gasteiger partial charge on any atom is 0.240 e. The van der Waals surface area contributed by atoms with Gasteiger partial charge in [-0.25, -0.2) is 13.1 Å². The van der Waals surface area contributed by atoms with Gasteiger partial charge < -0.3 is 5.32 Å². The minimum atomic E-state index is -3.37. The molecule has 2 rings (SSSR count). The summed E-state index contributed by atoms with van der Waals surface area (Å²) < 4.78 is 26.9. The number of piperidine rings is 1. The first-order chi connectivity index (χ1) is 8.52. The van der Waals surface area contributed by atoms with E-state index in [1.54, 1.807) is 24.3 Å². The van der Waals surface area contributed by atoms with Crippen LogP contribution in [0.1, 0.15) is 19.8 Å². The summed E-state index contributed by atoms with van der Waals surface area (Å²) >= 11 is 0. The molecule has 0 unspecified atom stereocenters. The van der Waals surface area contributed by atoms with Crippen molar-refractivity contribution in [3.63, 3.8) is 0 Å². The number of benzene rings is 1. The van der Waals surface area contributed by atoms with Crippen molar-refractivity contribution in [3.05, 3.63) is 30.3 Å². The molecule has 1 fully saturated rings. The first kappa shape index (κ1) is 16.4. The Morgan fingerprint density at radius 2 is 1.79 bits per heavy atom. The maximum absolute atomic E-state index is 12.1. The molecule has 1 aliphatic heterocycles. The minimum absolute atomic E-state index is 0. The van der Waals surface area contributed by atoms with E-state index in [1.165, 1.54) is 0 Å². The summed E-state index contributed by atoms with van der Waals surface area (Å²) in [7, 11) is -3.37. The van der Waals surface area contributed by atoms with Crippen LogP contribution in [0.15, 0.2) is 35.2 Å². The zero-order valence-electron chi connectivity index (χ0n) is 11.1. The molecule has 0 aromatic heterocycles. The summed E-state index contributed by atoms with van der Waals surface area (Å²) in [5, 5.41) is 3.29. The Morgan fingerprint density at radius 3 is 2.37 bits per heavy atom. The van der Waals surface area contributed by atoms with Crippen LogP contribution in [0, 0.1) is 5.41 Å². The monoisotopic (exact) mass is 304 g/mol. The number of sulfonamides is 1. The zero-order valence-corrected chi connectivity index (χ0v) is 12.7. The lowest BCUT2D eigenvalue weighted by Crippen LogP contribution is -2.42. The van der Waals surface area contributed by atoms with Gasteiger partial charge in [-0.1, -0.05) is 25.1 Å². The van der Waals surface area contributed by atoms with Crippen molar-refractivity contribution in [2.45, 2.75) is 24.7 Å². The van der Waals surface area contributed by atoms with Gasteiger partial charge >= 0.3 is 0 Å². The third kappa shape index (κ3) is 4.45. The Kier molecular flexibility index (Phi) is 5.80. The van der Waals surface area contributed by atoms with E-state index in [2.05, 4.69) is 17.0 Å². The van der Waals surface area contributed by atoms with Gasteiger partial charge in [0.25, 0.3) is 0 Å². The van der Waals surface area contributed by atoms with Gasteiger partial charge in [0, 0.05) is 6.54 Å². The van der Waals surface area contributed by atoms with Crippen LogP contribution in [0.3, 0.4) is 0 Å². The van der Waals surface area contributed by atoms with Gasteiger partial charge in [0.15, 0.2) is 0 Å². The molecule has 6 heteroatoms. The summed E-state index contributed by atoms with van der Waals surface area (Å²) in [6.07, 6.45) is 2.01. The smallest absolute Gasteiger partial charge is 0.240 e. The fourth-order valence-electron chi connectivity index (χ4n) is 2.16. The van der Waals surface area contributed by atoms with Gasteiger partial charge in [-0.2, -0.15) is 0 Å². The summed E-state index contributed by atoms with van der Waals surface area (Å²) in [6, 6.07) is 8.52. The lowest BCUT2D eigenvalue weighted by Gasteiger charge is -2.34. The van der Waals surface area contributed by atoms with E-state index >= 15 is 0 Å². The molecule has 0 saturated carbocycles. The van der Waals surface area contributed by atoms with E-state index in [0.29, 0.717) is 11.4 Å². The molecule has 4 nitrogen and oxygen atoms in total. The van der Waals surface area contributed by atoms with Crippen molar-refractivity contribution in [2.75, 3.05) is 19.6 Å². The molecule has 1 saturated heterocycles. The van der Waals surface area contributed by atoms with Crippen LogP contribution in [0.5, 0.6) is 0 Å². The maximum atomic E-state index is 12.1. The van der Waals surface area contributed by atoms with E-state index in [1.807, 2.05) is 6.07 Å². The molecule has 0 atom stereocenters. The van der Waals surface area contributed by atoms with Crippen molar-refractivity contribution >= 4 is 22.4 Å². The van der Waals surface area contributed by atoms with E-state index < -0.39 is 10.0 Å². The van der Waals surface area contributed by atoms with E-state index in [4.69, 9.17) is 0 Å². The van der Waals surface area contributed by atoms with Gasteiger partial charge in [-0.15, -0.1) is 12.4 Å². The van der Waals surface area contributed by atoms with Crippen molar-refractivity contribution in [1.82, 2.24) is 10.0 Å². The Balaban J connectivity index is 0.00000180. The third-order valence-electron chi connectivity index (χ3n) is 3.55. The average Bonchev–Trinajstić information content (AvgIpc) is 2.39. The Hall–Kier alpha value is -0.620. The minimum Gasteiger partial charge on any atom is -0.317 e. The molecule has 19 heavy (non-hydrogen) atoms. The molecule has 1 aromatic carbocycles. The summed E-state index contributed by atoms with van der Waals surface area (Å²) in [6.45, 7) is 4.57. The molecule has 0 bridgehead atoms. The number of halogens is 1. The predicted molar refractivity (Wildman–Crippen MR) is 79.1 cm³/mol. The lowest BCUT2D eigenvalue weighted by molar-refractivity contribution is 0.232. The highest BCUT2D eigenvalue weighted by Gasteiger charge is 2.28. The lowest BCUT2D eigenvalue weighted by atomic mass is 9.81. The summed E-state index contributed by atoms with van der Waals surface area (Å²) in [4.78, 5) is 0.336. The molecule has 1 aliphatic rings. The highest BCUT2D eigenvalue weighted by molar-refractivity contribution is 7.89. The van der Waals surface area contributed by atoms with E-state index in [0.717, 1.165) is 25.9 Å². The standard InChI is InChI=1S/C13H20N2O2S.ClH/c1-13(7-9-14-10-8-13)11-15-18(16,17)12-5-3-2-4-6-12;/h2-6,14-15H,7-11H2,1H3;1H. The highest BCUT2D eigenvalue weighted by Crippen LogP contribution is 2.27. The SMILES string of the molecule is CC1(CNS(=O)(=O)c2ccccc2)CCNCC1.Cl. The van der Waals surface area contributed by atoms with Crippen LogP contribution < -0.4 is 10.0 Å². The Labute approximate surface area is 121 Å². The topological polar surface area (TPSA) is 58.2 Å². The quantitative estimate of drug-likeness (QED) is 0.891. The average molecular weight is 305 g/mol. The number of rotatable bonds is 4. The van der Waals surface area contributed by atoms with Crippen molar-refractivity contribution < 1.29 is 8.42 Å². The number of hydrogen-bond donors (Lipinski definition) is 2. The first-order valence-corrected chi connectivity index (χ1v) is 7.76. The molecule has 0 radical (unpaired) electrons. The van der Waals surface area contributed by atoms with Gasteiger partial charge in [-0.05, 0) is 43.5 Å². The largest absolute Gasteiger partial charge is 0.317 e. The van der Waals surface area contributed by atoms with Gasteiger partial charge in [0.1, 0.15) is 0 Å². The van der Waals surface area contributed by atoms with Gasteiger partial charge in [-0.3, -0.25) is 0 Å². The predicted octanol–water partition coefficient (Wildman–Crippen LogP) is 1.78. The van der Waals surface area contributed by atoms with Crippen LogP contribution in [-0.2, 0) is 10.0 Å². The summed E-state index contributed by atoms with van der Waals surface area (Å²) in [5.74, 6) is 0. The van der Waals surface area contributed by atoms with Crippen molar-refractivity contribution in [1.29, 1.82) is 0 Å². The second-order valence-electron chi connectivity index (χ2n) is 5.20. The molecular weight excluding hydrogens is 284 g/mol. The normalized spacial score (nSPS) is 18.6. The van der Waals surface area contributed by atoms with E-state index in [9.17, 15) is 8.42 Å². The fourth-order valence-corrected chi connectivity index (χ4v) is 3.38. The van der Waals surface area contributed by atoms with Gasteiger partial charge in [0.05, 0.1) is 4.90 Å². The molecule has 0 aliphatic carbocycles. The van der Waals surface area contributed by atoms with Crippen molar-refractivity contribution in [2.24, 2.45) is 5.41 Å².